The van der Waals surface area contributed by atoms with E-state index in [1.54, 1.807) is 7.11 Å². The molecule has 0 fully saturated rings. The third kappa shape index (κ3) is 4.68. The Balaban J connectivity index is 1.72. The molecule has 2 N–H and O–H groups in total. The summed E-state index contributed by atoms with van der Waals surface area (Å²) in [5, 5.41) is 0. The molecule has 0 atom stereocenters. The molecular formula is C17H21NO3. The van der Waals surface area contributed by atoms with Gasteiger partial charge in [-0.2, -0.15) is 0 Å². The zero-order valence-electron chi connectivity index (χ0n) is 12.2. The van der Waals surface area contributed by atoms with Crippen LogP contribution in [0.5, 0.6) is 17.2 Å². The van der Waals surface area contributed by atoms with Gasteiger partial charge in [-0.3, -0.25) is 0 Å². The molecule has 0 aliphatic rings. The molecule has 0 bridgehead atoms. The highest BCUT2D eigenvalue weighted by Gasteiger charge is 2.01. The summed E-state index contributed by atoms with van der Waals surface area (Å²) in [5.41, 5.74) is 6.69. The second-order valence-electron chi connectivity index (χ2n) is 4.54. The summed E-state index contributed by atoms with van der Waals surface area (Å²) in [5.74, 6) is 2.44. The van der Waals surface area contributed by atoms with Crippen LogP contribution in [0.15, 0.2) is 48.5 Å². The smallest absolute Gasteiger partial charge is 0.123 e. The SMILES string of the molecule is COc1cccc(OCCCOc2ccccc2CN)c1. The molecule has 2 rings (SSSR count). The first kappa shape index (κ1) is 15.2. The maximum Gasteiger partial charge on any atom is 0.123 e. The number of para-hydroxylation sites is 1. The summed E-state index contributed by atoms with van der Waals surface area (Å²) in [6.45, 7) is 1.68. The normalized spacial score (nSPS) is 10.2. The fraction of sp³-hybridized carbons (Fsp3) is 0.294. The Labute approximate surface area is 125 Å². The Morgan fingerprint density at radius 2 is 1.67 bits per heavy atom. The molecule has 0 unspecified atom stereocenters. The average Bonchev–Trinajstić information content (AvgIpc) is 2.55. The van der Waals surface area contributed by atoms with Gasteiger partial charge in [-0.25, -0.2) is 0 Å². The third-order valence-electron chi connectivity index (χ3n) is 3.05. The maximum absolute atomic E-state index is 5.73. The molecule has 0 heterocycles. The van der Waals surface area contributed by atoms with Crippen molar-refractivity contribution in [3.63, 3.8) is 0 Å². The lowest BCUT2D eigenvalue weighted by molar-refractivity contribution is 0.245. The second-order valence-corrected chi connectivity index (χ2v) is 4.54. The zero-order valence-corrected chi connectivity index (χ0v) is 12.2. The number of benzene rings is 2. The lowest BCUT2D eigenvalue weighted by Gasteiger charge is -2.11. The van der Waals surface area contributed by atoms with E-state index >= 15 is 0 Å². The van der Waals surface area contributed by atoms with Crippen LogP contribution in [-0.2, 0) is 6.54 Å². The van der Waals surface area contributed by atoms with E-state index in [2.05, 4.69) is 0 Å². The van der Waals surface area contributed by atoms with Crippen LogP contribution in [-0.4, -0.2) is 20.3 Å². The molecule has 0 saturated heterocycles. The van der Waals surface area contributed by atoms with Gasteiger partial charge in [0.15, 0.2) is 0 Å². The summed E-state index contributed by atoms with van der Waals surface area (Å²) in [6.07, 6.45) is 0.802. The van der Waals surface area contributed by atoms with Crippen molar-refractivity contribution in [3.8, 4) is 17.2 Å². The number of rotatable bonds is 8. The van der Waals surface area contributed by atoms with Gasteiger partial charge in [-0.05, 0) is 18.2 Å². The van der Waals surface area contributed by atoms with Gasteiger partial charge in [0.1, 0.15) is 17.2 Å². The van der Waals surface area contributed by atoms with Gasteiger partial charge >= 0.3 is 0 Å². The highest BCUT2D eigenvalue weighted by molar-refractivity contribution is 5.33. The largest absolute Gasteiger partial charge is 0.497 e. The van der Waals surface area contributed by atoms with Crippen LogP contribution in [0.3, 0.4) is 0 Å². The highest BCUT2D eigenvalue weighted by atomic mass is 16.5. The first-order chi connectivity index (χ1) is 10.3. The molecule has 2 aromatic rings. The van der Waals surface area contributed by atoms with Crippen molar-refractivity contribution < 1.29 is 14.2 Å². The van der Waals surface area contributed by atoms with Crippen molar-refractivity contribution in [1.29, 1.82) is 0 Å². The van der Waals surface area contributed by atoms with Gasteiger partial charge in [0.2, 0.25) is 0 Å². The predicted octanol–water partition coefficient (Wildman–Crippen LogP) is 3.00. The highest BCUT2D eigenvalue weighted by Crippen LogP contribution is 2.19. The maximum atomic E-state index is 5.73. The monoisotopic (exact) mass is 287 g/mol. The predicted molar refractivity (Wildman–Crippen MR) is 82.9 cm³/mol. The van der Waals surface area contributed by atoms with Crippen LogP contribution < -0.4 is 19.9 Å². The van der Waals surface area contributed by atoms with Crippen LogP contribution in [0.4, 0.5) is 0 Å². The molecule has 0 radical (unpaired) electrons. The quantitative estimate of drug-likeness (QED) is 0.758. The molecule has 0 aromatic heterocycles. The van der Waals surface area contributed by atoms with Crippen LogP contribution >= 0.6 is 0 Å². The minimum atomic E-state index is 0.483. The van der Waals surface area contributed by atoms with E-state index in [1.165, 1.54) is 0 Å². The van der Waals surface area contributed by atoms with E-state index < -0.39 is 0 Å². The lowest BCUT2D eigenvalue weighted by Crippen LogP contribution is -2.07. The van der Waals surface area contributed by atoms with E-state index in [9.17, 15) is 0 Å². The molecule has 0 amide bonds. The number of ether oxygens (including phenoxy) is 3. The van der Waals surface area contributed by atoms with E-state index in [0.717, 1.165) is 29.2 Å². The van der Waals surface area contributed by atoms with Crippen molar-refractivity contribution in [2.45, 2.75) is 13.0 Å². The van der Waals surface area contributed by atoms with E-state index in [4.69, 9.17) is 19.9 Å². The van der Waals surface area contributed by atoms with Gasteiger partial charge in [0.05, 0.1) is 20.3 Å². The summed E-state index contributed by atoms with van der Waals surface area (Å²) < 4.78 is 16.5. The molecule has 4 heteroatoms. The number of hydrogen-bond donors (Lipinski definition) is 1. The first-order valence-electron chi connectivity index (χ1n) is 7.01. The molecule has 2 aromatic carbocycles. The topological polar surface area (TPSA) is 53.7 Å². The van der Waals surface area contributed by atoms with Crippen LogP contribution in [0.2, 0.25) is 0 Å². The fourth-order valence-electron chi connectivity index (χ4n) is 1.94. The van der Waals surface area contributed by atoms with Crippen molar-refractivity contribution in [2.24, 2.45) is 5.73 Å². The van der Waals surface area contributed by atoms with Crippen molar-refractivity contribution >= 4 is 0 Å². The van der Waals surface area contributed by atoms with Crippen LogP contribution in [0, 0.1) is 0 Å². The molecular weight excluding hydrogens is 266 g/mol. The molecule has 21 heavy (non-hydrogen) atoms. The Hall–Kier alpha value is -2.20. The Kier molecular flexibility index (Phi) is 5.91. The Bertz CT molecular complexity index is 557. The fourth-order valence-corrected chi connectivity index (χ4v) is 1.94. The Morgan fingerprint density at radius 3 is 2.48 bits per heavy atom. The summed E-state index contributed by atoms with van der Waals surface area (Å²) >= 11 is 0. The summed E-state index contributed by atoms with van der Waals surface area (Å²) in [7, 11) is 1.64. The van der Waals surface area contributed by atoms with Crippen LogP contribution in [0.25, 0.3) is 0 Å². The lowest BCUT2D eigenvalue weighted by atomic mass is 10.2. The van der Waals surface area contributed by atoms with Crippen molar-refractivity contribution in [1.82, 2.24) is 0 Å². The van der Waals surface area contributed by atoms with Gasteiger partial charge in [0.25, 0.3) is 0 Å². The van der Waals surface area contributed by atoms with Gasteiger partial charge < -0.3 is 19.9 Å². The standard InChI is InChI=1S/C17H21NO3/c1-19-15-7-4-8-16(12-15)20-10-5-11-21-17-9-3-2-6-14(17)13-18/h2-4,6-9,12H,5,10-11,13,18H2,1H3. The average molecular weight is 287 g/mol. The minimum Gasteiger partial charge on any atom is -0.497 e. The summed E-state index contributed by atoms with van der Waals surface area (Å²) in [4.78, 5) is 0. The third-order valence-corrected chi connectivity index (χ3v) is 3.05. The van der Waals surface area contributed by atoms with Gasteiger partial charge in [0, 0.05) is 24.6 Å². The van der Waals surface area contributed by atoms with Crippen molar-refractivity contribution in [2.75, 3.05) is 20.3 Å². The van der Waals surface area contributed by atoms with Crippen LogP contribution in [0.1, 0.15) is 12.0 Å². The zero-order chi connectivity index (χ0) is 14.9. The second kappa shape index (κ2) is 8.17. The molecule has 0 spiro atoms. The minimum absolute atomic E-state index is 0.483. The first-order valence-corrected chi connectivity index (χ1v) is 7.01. The Morgan fingerprint density at radius 1 is 0.905 bits per heavy atom. The van der Waals surface area contributed by atoms with E-state index in [-0.39, 0.29) is 0 Å². The molecule has 4 nitrogen and oxygen atoms in total. The molecule has 0 saturated carbocycles. The van der Waals surface area contributed by atoms with E-state index in [0.29, 0.717) is 19.8 Å². The molecule has 0 aliphatic heterocycles. The van der Waals surface area contributed by atoms with E-state index in [1.807, 2.05) is 48.5 Å². The van der Waals surface area contributed by atoms with Gasteiger partial charge in [-0.1, -0.05) is 24.3 Å². The number of nitrogens with two attached hydrogens (primary N) is 1. The summed E-state index contributed by atoms with van der Waals surface area (Å²) in [6, 6.07) is 15.4. The number of methoxy groups -OCH3 is 1. The van der Waals surface area contributed by atoms with Gasteiger partial charge in [-0.15, -0.1) is 0 Å². The molecule has 112 valence electrons. The van der Waals surface area contributed by atoms with Crippen molar-refractivity contribution in [3.05, 3.63) is 54.1 Å². The molecule has 0 aliphatic carbocycles. The number of hydrogen-bond acceptors (Lipinski definition) is 4.